The van der Waals surface area contributed by atoms with Gasteiger partial charge in [0.2, 0.25) is 5.91 Å². The number of rotatable bonds is 7. The van der Waals surface area contributed by atoms with Crippen molar-refractivity contribution < 1.29 is 22.4 Å². The molecule has 2 unspecified atom stereocenters. The molecule has 1 amide bonds. The lowest BCUT2D eigenvalue weighted by molar-refractivity contribution is -0.130. The molecule has 4 heterocycles. The molecule has 14 heteroatoms. The first-order valence-electron chi connectivity index (χ1n) is 10.6. The largest absolute Gasteiger partial charge is 0.471 e. The number of hydrogen-bond acceptors (Lipinski definition) is 9. The summed E-state index contributed by atoms with van der Waals surface area (Å²) in [4.78, 5) is 31.5. The highest BCUT2D eigenvalue weighted by Crippen LogP contribution is 2.35. The van der Waals surface area contributed by atoms with Crippen molar-refractivity contribution in [2.24, 2.45) is 5.92 Å². The summed E-state index contributed by atoms with van der Waals surface area (Å²) in [5.41, 5.74) is 1.01. The summed E-state index contributed by atoms with van der Waals surface area (Å²) in [7, 11) is -1.21. The molecule has 1 fully saturated rings. The number of halogens is 1. The summed E-state index contributed by atoms with van der Waals surface area (Å²) in [6.07, 6.45) is 2.86. The Morgan fingerprint density at radius 1 is 1.34 bits per heavy atom. The van der Waals surface area contributed by atoms with E-state index in [1.165, 1.54) is 54.4 Å². The van der Waals surface area contributed by atoms with Gasteiger partial charge in [0.25, 0.3) is 5.91 Å². The number of hydrogen-bond donors (Lipinski definition) is 0. The molecule has 35 heavy (non-hydrogen) atoms. The van der Waals surface area contributed by atoms with Gasteiger partial charge in [0.1, 0.15) is 6.26 Å². The third-order valence-corrected chi connectivity index (χ3v) is 9.96. The summed E-state index contributed by atoms with van der Waals surface area (Å²) in [6.45, 7) is 3.51. The molecular weight excluding hydrogens is 534 g/mol. The zero-order valence-corrected chi connectivity index (χ0v) is 22.7. The monoisotopic (exact) mass is 557 g/mol. The zero-order chi connectivity index (χ0) is 25.5. The fraction of sp³-hybridized carbons (Fsp3) is 0.429. The third-order valence-electron chi connectivity index (χ3n) is 5.74. The quantitative estimate of drug-likeness (QED) is 0.404. The second-order valence-corrected chi connectivity index (χ2v) is 13.2. The molecule has 4 rings (SSSR count). The van der Waals surface area contributed by atoms with Crippen LogP contribution in [0.5, 0.6) is 0 Å². The van der Waals surface area contributed by atoms with Crippen LogP contribution in [-0.2, 0) is 20.8 Å². The Balaban J connectivity index is 1.70. The molecule has 0 N–H and O–H groups in total. The van der Waals surface area contributed by atoms with E-state index in [9.17, 15) is 18.0 Å². The summed E-state index contributed by atoms with van der Waals surface area (Å²) >= 11 is 8.80. The zero-order valence-electron chi connectivity index (χ0n) is 19.5. The van der Waals surface area contributed by atoms with Crippen LogP contribution in [0.4, 0.5) is 0 Å². The van der Waals surface area contributed by atoms with E-state index in [0.717, 1.165) is 13.5 Å². The first kappa shape index (κ1) is 25.9. The first-order valence-corrected chi connectivity index (χ1v) is 14.2. The topological polar surface area (TPSA) is 119 Å². The number of furan rings is 1. The number of piperidine rings is 1. The molecule has 2 atom stereocenters. The van der Waals surface area contributed by atoms with Crippen LogP contribution in [0.15, 0.2) is 34.2 Å². The molecule has 0 aromatic carbocycles. The average Bonchev–Trinajstić information content (AvgIpc) is 3.51. The van der Waals surface area contributed by atoms with E-state index in [0.29, 0.717) is 32.2 Å². The van der Waals surface area contributed by atoms with Crippen molar-refractivity contribution >= 4 is 56.7 Å². The molecule has 0 aliphatic carbocycles. The number of aryl methyl sites for hydroxylation is 1. The molecule has 0 radical (unpaired) electrons. The van der Waals surface area contributed by atoms with E-state index in [1.807, 2.05) is 13.0 Å². The van der Waals surface area contributed by atoms with Gasteiger partial charge in [0.05, 0.1) is 16.2 Å². The van der Waals surface area contributed by atoms with Gasteiger partial charge in [-0.1, -0.05) is 30.3 Å². The van der Waals surface area contributed by atoms with Crippen LogP contribution in [-0.4, -0.2) is 64.2 Å². The molecule has 0 spiro atoms. The van der Waals surface area contributed by atoms with Crippen LogP contribution in [0.1, 0.15) is 45.9 Å². The van der Waals surface area contributed by atoms with Crippen molar-refractivity contribution in [3.05, 3.63) is 50.8 Å². The number of amides is 1. The van der Waals surface area contributed by atoms with E-state index < -0.39 is 27.9 Å². The van der Waals surface area contributed by atoms with Gasteiger partial charge in [-0.3, -0.25) is 9.59 Å². The fourth-order valence-corrected chi connectivity index (χ4v) is 6.83. The Morgan fingerprint density at radius 3 is 2.69 bits per heavy atom. The van der Waals surface area contributed by atoms with E-state index in [1.54, 1.807) is 13.0 Å². The van der Waals surface area contributed by atoms with Gasteiger partial charge in [0, 0.05) is 49.2 Å². The van der Waals surface area contributed by atoms with Crippen LogP contribution in [0, 0.1) is 12.8 Å². The van der Waals surface area contributed by atoms with Gasteiger partial charge in [-0.25, -0.2) is 9.29 Å². The number of thiophene rings is 1. The average molecular weight is 558 g/mol. The van der Waals surface area contributed by atoms with Crippen molar-refractivity contribution in [1.29, 1.82) is 0 Å². The predicted molar refractivity (Wildman–Crippen MR) is 133 cm³/mol. The second kappa shape index (κ2) is 10.1. The Hall–Kier alpha value is -2.19. The Labute approximate surface area is 216 Å². The number of carbonyl (C=O) groups excluding carboxylic acids is 2. The minimum atomic E-state index is -3.96. The highest BCUT2D eigenvalue weighted by atomic mass is 35.5. The second-order valence-electron chi connectivity index (χ2n) is 8.44. The smallest absolute Gasteiger partial charge is 0.305 e. The van der Waals surface area contributed by atoms with E-state index in [4.69, 9.17) is 16.0 Å². The Kier molecular flexibility index (Phi) is 7.44. The van der Waals surface area contributed by atoms with Crippen molar-refractivity contribution in [1.82, 2.24) is 23.4 Å². The van der Waals surface area contributed by atoms with Crippen LogP contribution < -0.4 is 0 Å². The lowest BCUT2D eigenvalue weighted by Gasteiger charge is -2.35. The predicted octanol–water partition coefficient (Wildman–Crippen LogP) is 3.63. The molecule has 1 saturated heterocycles. The van der Waals surface area contributed by atoms with E-state index in [-0.39, 0.29) is 18.9 Å². The van der Waals surface area contributed by atoms with Gasteiger partial charge in [-0.05, 0) is 25.0 Å². The highest BCUT2D eigenvalue weighted by Gasteiger charge is 2.41. The molecular formula is C21H24ClN5O5S3. The molecule has 1 aliphatic heterocycles. The lowest BCUT2D eigenvalue weighted by Crippen LogP contribution is -2.50. The number of nitrogens with zero attached hydrogens (tertiary/aromatic N) is 5. The summed E-state index contributed by atoms with van der Waals surface area (Å²) < 4.78 is 34.4. The first-order chi connectivity index (χ1) is 16.5. The van der Waals surface area contributed by atoms with Crippen LogP contribution in [0.3, 0.4) is 0 Å². The maximum Gasteiger partial charge on any atom is 0.305 e. The lowest BCUT2D eigenvalue weighted by atomic mass is 9.87. The maximum atomic E-state index is 13.3. The third kappa shape index (κ3) is 5.19. The van der Waals surface area contributed by atoms with Crippen LogP contribution in [0.25, 0.3) is 0 Å². The van der Waals surface area contributed by atoms with Crippen molar-refractivity contribution in [2.45, 2.75) is 37.1 Å². The molecule has 188 valence electrons. The van der Waals surface area contributed by atoms with Gasteiger partial charge < -0.3 is 4.42 Å². The van der Waals surface area contributed by atoms with Gasteiger partial charge in [-0.2, -0.15) is 17.4 Å². The fourth-order valence-electron chi connectivity index (χ4n) is 3.69. The van der Waals surface area contributed by atoms with E-state index in [2.05, 4.69) is 10.1 Å². The van der Waals surface area contributed by atoms with Crippen molar-refractivity contribution in [3.63, 3.8) is 0 Å². The normalized spacial score (nSPS) is 19.0. The molecule has 3 aromatic rings. The number of aromatic nitrogens is 3. The summed E-state index contributed by atoms with van der Waals surface area (Å²) in [5, 5.41) is 4.87. The number of carbonyl (C=O) groups is 2. The molecule has 0 bridgehead atoms. The van der Waals surface area contributed by atoms with Crippen molar-refractivity contribution in [2.75, 3.05) is 20.6 Å². The minimum Gasteiger partial charge on any atom is -0.471 e. The molecule has 3 aromatic heterocycles. The van der Waals surface area contributed by atoms with Crippen LogP contribution >= 0.6 is 34.7 Å². The SMILES string of the molecule is Cc1cocc1C(=O)n1nc(C2CN(S(=O)(=O)N(C)C)C(=O)CC2C)nc1SCc1ccc(Cl)s1. The standard InChI is InChI=1S/C21H24ClN5O5S3/c1-12-7-18(28)26(35(30,31)25(3)4)8-15(12)19-23-21(33-11-14-5-6-17(22)34-14)27(24-19)20(29)16-10-32-9-13(16)2/h5-6,9-10,12,15H,7-8,11H2,1-4H3. The molecule has 0 saturated carbocycles. The van der Waals surface area contributed by atoms with E-state index >= 15 is 0 Å². The van der Waals surface area contributed by atoms with Crippen LogP contribution in [0.2, 0.25) is 4.34 Å². The van der Waals surface area contributed by atoms with Crippen molar-refractivity contribution in [3.8, 4) is 0 Å². The molecule has 10 nitrogen and oxygen atoms in total. The highest BCUT2D eigenvalue weighted by molar-refractivity contribution is 7.98. The van der Waals surface area contributed by atoms with Gasteiger partial charge >= 0.3 is 10.2 Å². The summed E-state index contributed by atoms with van der Waals surface area (Å²) in [5.74, 6) is -0.739. The van der Waals surface area contributed by atoms with Gasteiger partial charge in [-0.15, -0.1) is 16.4 Å². The Bertz CT molecular complexity index is 1360. The maximum absolute atomic E-state index is 13.3. The molecule has 1 aliphatic rings. The Morgan fingerprint density at radius 2 is 2.09 bits per heavy atom. The number of thioether (sulfide) groups is 1. The van der Waals surface area contributed by atoms with Gasteiger partial charge in [0.15, 0.2) is 11.0 Å². The minimum absolute atomic E-state index is 0.0250. The summed E-state index contributed by atoms with van der Waals surface area (Å²) in [6, 6.07) is 3.71.